The summed E-state index contributed by atoms with van der Waals surface area (Å²) in [6.07, 6.45) is 3.88. The van der Waals surface area contributed by atoms with Gasteiger partial charge in [-0.15, -0.1) is 0 Å². The Hall–Kier alpha value is 0.177. The zero-order chi connectivity index (χ0) is 7.82. The number of rotatable bonds is 6. The van der Waals surface area contributed by atoms with Crippen LogP contribution in [0.5, 0.6) is 0 Å². The summed E-state index contributed by atoms with van der Waals surface area (Å²) in [4.78, 5) is 0. The highest BCUT2D eigenvalue weighted by molar-refractivity contribution is 6.29. The molecule has 0 amide bonds. The second-order valence-corrected chi connectivity index (χ2v) is 5.55. The Kier molecular flexibility index (Phi) is 7.41. The maximum Gasteiger partial charge on any atom is 0.164 e. The third-order valence-corrected chi connectivity index (χ3v) is 2.53. The van der Waals surface area contributed by atoms with Crippen LogP contribution in [0.15, 0.2) is 0 Å². The molecule has 0 aliphatic carbocycles. The van der Waals surface area contributed by atoms with Crippen molar-refractivity contribution >= 4 is 9.76 Å². The van der Waals surface area contributed by atoms with Crippen LogP contribution in [0.3, 0.4) is 0 Å². The molecule has 0 saturated carbocycles. The van der Waals surface area contributed by atoms with Crippen LogP contribution >= 0.6 is 0 Å². The van der Waals surface area contributed by atoms with Gasteiger partial charge >= 0.3 is 0 Å². The lowest BCUT2D eigenvalue weighted by atomic mass is 10.3. The first kappa shape index (κ1) is 10.2. The quantitative estimate of drug-likeness (QED) is 0.427. The molecule has 0 atom stereocenters. The molecule has 0 aliphatic rings. The number of unbranched alkanes of at least 4 members (excludes halogenated alkanes) is 2. The topological polar surface area (TPSA) is 9.23 Å². The summed E-state index contributed by atoms with van der Waals surface area (Å²) in [7, 11) is -0.182. The molecule has 0 heterocycles. The summed E-state index contributed by atoms with van der Waals surface area (Å²) >= 11 is 0. The molecule has 0 fully saturated rings. The van der Waals surface area contributed by atoms with Gasteiger partial charge in [0, 0.05) is 6.61 Å². The summed E-state index contributed by atoms with van der Waals surface area (Å²) in [5, 5.41) is 0. The molecule has 0 saturated heterocycles. The van der Waals surface area contributed by atoms with Crippen LogP contribution in [-0.2, 0) is 4.43 Å². The van der Waals surface area contributed by atoms with E-state index in [4.69, 9.17) is 4.43 Å². The predicted octanol–water partition coefficient (Wildman–Crippen LogP) is 2.11. The van der Waals surface area contributed by atoms with Crippen molar-refractivity contribution in [1.29, 1.82) is 0 Å². The maximum atomic E-state index is 5.54. The van der Waals surface area contributed by atoms with Crippen LogP contribution in [0.25, 0.3) is 0 Å². The van der Waals surface area contributed by atoms with Gasteiger partial charge in [-0.05, 0) is 12.0 Å². The molecule has 0 spiro atoms. The molecule has 0 N–H and O–H groups in total. The highest BCUT2D eigenvalue weighted by Gasteiger charge is 1.93. The molecular formula is C8H20OSi. The van der Waals surface area contributed by atoms with Crippen molar-refractivity contribution in [3.63, 3.8) is 0 Å². The standard InChI is InChI=1S/C8H20OSi/c1-4-5-6-7-9-10-8(2)3/h8H,4-7,10H2,1-3H3. The van der Waals surface area contributed by atoms with Crippen molar-refractivity contribution in [1.82, 2.24) is 0 Å². The van der Waals surface area contributed by atoms with E-state index in [2.05, 4.69) is 20.8 Å². The Balaban J connectivity index is 2.77. The van der Waals surface area contributed by atoms with Gasteiger partial charge in [-0.2, -0.15) is 0 Å². The van der Waals surface area contributed by atoms with Crippen molar-refractivity contribution in [3.05, 3.63) is 0 Å². The minimum atomic E-state index is -0.182. The van der Waals surface area contributed by atoms with E-state index in [1.54, 1.807) is 0 Å². The molecule has 0 aliphatic heterocycles. The van der Waals surface area contributed by atoms with Gasteiger partial charge in [0.05, 0.1) is 0 Å². The highest BCUT2D eigenvalue weighted by Crippen LogP contribution is 1.99. The fraction of sp³-hybridized carbons (Fsp3) is 1.00. The Morgan fingerprint density at radius 3 is 2.50 bits per heavy atom. The van der Waals surface area contributed by atoms with Gasteiger partial charge in [0.1, 0.15) is 0 Å². The Morgan fingerprint density at radius 1 is 1.30 bits per heavy atom. The van der Waals surface area contributed by atoms with E-state index in [0.717, 1.165) is 12.1 Å². The Morgan fingerprint density at radius 2 is 2.00 bits per heavy atom. The smallest absolute Gasteiger partial charge is 0.164 e. The van der Waals surface area contributed by atoms with E-state index in [9.17, 15) is 0 Å². The molecule has 62 valence electrons. The highest BCUT2D eigenvalue weighted by atomic mass is 28.2. The summed E-state index contributed by atoms with van der Waals surface area (Å²) in [6.45, 7) is 7.72. The SMILES string of the molecule is CCCCCO[SiH2]C(C)C. The molecule has 10 heavy (non-hydrogen) atoms. The first-order chi connectivity index (χ1) is 4.77. The van der Waals surface area contributed by atoms with E-state index >= 15 is 0 Å². The summed E-state index contributed by atoms with van der Waals surface area (Å²) < 4.78 is 5.54. The molecular weight excluding hydrogens is 140 g/mol. The van der Waals surface area contributed by atoms with Crippen molar-refractivity contribution in [3.8, 4) is 0 Å². The van der Waals surface area contributed by atoms with Gasteiger partial charge < -0.3 is 4.43 Å². The molecule has 0 unspecified atom stereocenters. The lowest BCUT2D eigenvalue weighted by molar-refractivity contribution is 0.318. The summed E-state index contributed by atoms with van der Waals surface area (Å²) in [6, 6.07) is 0. The van der Waals surface area contributed by atoms with Crippen LogP contribution < -0.4 is 0 Å². The predicted molar refractivity (Wildman–Crippen MR) is 49.1 cm³/mol. The van der Waals surface area contributed by atoms with E-state index in [0.29, 0.717) is 0 Å². The van der Waals surface area contributed by atoms with Crippen molar-refractivity contribution < 1.29 is 4.43 Å². The summed E-state index contributed by atoms with van der Waals surface area (Å²) in [5.74, 6) is 0. The van der Waals surface area contributed by atoms with Crippen molar-refractivity contribution in [2.45, 2.75) is 45.6 Å². The van der Waals surface area contributed by atoms with E-state index in [1.807, 2.05) is 0 Å². The van der Waals surface area contributed by atoms with Crippen LogP contribution in [0.1, 0.15) is 40.0 Å². The first-order valence-electron chi connectivity index (χ1n) is 4.35. The molecule has 0 radical (unpaired) electrons. The van der Waals surface area contributed by atoms with Gasteiger partial charge in [-0.25, -0.2) is 0 Å². The van der Waals surface area contributed by atoms with Crippen LogP contribution in [-0.4, -0.2) is 16.4 Å². The number of hydrogen-bond acceptors (Lipinski definition) is 1. The van der Waals surface area contributed by atoms with Gasteiger partial charge in [-0.1, -0.05) is 33.6 Å². The second kappa shape index (κ2) is 7.29. The minimum absolute atomic E-state index is 0.182. The largest absolute Gasteiger partial charge is 0.424 e. The van der Waals surface area contributed by atoms with Crippen LogP contribution in [0.4, 0.5) is 0 Å². The van der Waals surface area contributed by atoms with Gasteiger partial charge in [0.25, 0.3) is 0 Å². The van der Waals surface area contributed by atoms with E-state index in [-0.39, 0.29) is 9.76 Å². The molecule has 2 heteroatoms. The fourth-order valence-corrected chi connectivity index (χ4v) is 1.62. The minimum Gasteiger partial charge on any atom is -0.424 e. The van der Waals surface area contributed by atoms with Gasteiger partial charge in [-0.3, -0.25) is 0 Å². The van der Waals surface area contributed by atoms with Gasteiger partial charge in [0.2, 0.25) is 0 Å². The van der Waals surface area contributed by atoms with Crippen LogP contribution in [0, 0.1) is 0 Å². The van der Waals surface area contributed by atoms with Crippen molar-refractivity contribution in [2.24, 2.45) is 0 Å². The molecule has 0 aromatic rings. The van der Waals surface area contributed by atoms with Crippen LogP contribution in [0.2, 0.25) is 5.54 Å². The maximum absolute atomic E-state index is 5.54. The zero-order valence-electron chi connectivity index (χ0n) is 7.52. The zero-order valence-corrected chi connectivity index (χ0v) is 8.94. The third-order valence-electron chi connectivity index (χ3n) is 1.34. The fourth-order valence-electron chi connectivity index (χ4n) is 0.773. The average Bonchev–Trinajstić information content (AvgIpc) is 1.87. The van der Waals surface area contributed by atoms with E-state index < -0.39 is 0 Å². The Bertz CT molecular complexity index is 64.3. The van der Waals surface area contributed by atoms with Crippen molar-refractivity contribution in [2.75, 3.05) is 6.61 Å². The first-order valence-corrected chi connectivity index (χ1v) is 5.74. The molecule has 0 aromatic carbocycles. The second-order valence-electron chi connectivity index (χ2n) is 3.18. The lowest BCUT2D eigenvalue weighted by Gasteiger charge is -2.04. The molecule has 0 aromatic heterocycles. The summed E-state index contributed by atoms with van der Waals surface area (Å²) in [5.41, 5.74) is 0.821. The monoisotopic (exact) mass is 160 g/mol. The molecule has 0 bridgehead atoms. The third kappa shape index (κ3) is 8.18. The average molecular weight is 160 g/mol. The Labute approximate surface area is 67.1 Å². The molecule has 1 nitrogen and oxygen atoms in total. The number of hydrogen-bond donors (Lipinski definition) is 0. The lowest BCUT2D eigenvalue weighted by Crippen LogP contribution is -2.03. The normalized spacial score (nSPS) is 12.0. The van der Waals surface area contributed by atoms with Gasteiger partial charge in [0.15, 0.2) is 9.76 Å². The molecule has 0 rings (SSSR count). The van der Waals surface area contributed by atoms with E-state index in [1.165, 1.54) is 19.3 Å².